The van der Waals surface area contributed by atoms with Crippen LogP contribution in [0, 0.1) is 25.6 Å². The molecule has 1 N–H and O–H groups in total. The summed E-state index contributed by atoms with van der Waals surface area (Å²) in [6.07, 6.45) is 9.39. The molecule has 2 aliphatic rings. The van der Waals surface area contributed by atoms with E-state index in [2.05, 4.69) is 52.1 Å². The van der Waals surface area contributed by atoms with E-state index in [0.29, 0.717) is 24.3 Å². The number of halogens is 2. The Balaban J connectivity index is 0.00000100. The van der Waals surface area contributed by atoms with Gasteiger partial charge < -0.3 is 14.8 Å². The summed E-state index contributed by atoms with van der Waals surface area (Å²) in [4.78, 5) is 15.4. The van der Waals surface area contributed by atoms with Crippen LogP contribution in [0.4, 0.5) is 14.5 Å². The zero-order valence-electron chi connectivity index (χ0n) is 30.5. The van der Waals surface area contributed by atoms with Crippen LogP contribution in [0.25, 0.3) is 0 Å². The van der Waals surface area contributed by atoms with Crippen LogP contribution in [0.15, 0.2) is 65.4 Å². The number of benzene rings is 2. The molecule has 5 nitrogen and oxygen atoms in total. The van der Waals surface area contributed by atoms with E-state index in [1.54, 1.807) is 19.1 Å². The summed E-state index contributed by atoms with van der Waals surface area (Å²) in [7, 11) is 0. The molecule has 2 aromatic rings. The molecule has 2 aromatic carbocycles. The van der Waals surface area contributed by atoms with Gasteiger partial charge in [0.05, 0.1) is 6.54 Å². The van der Waals surface area contributed by atoms with Crippen LogP contribution in [0.5, 0.6) is 0 Å². The van der Waals surface area contributed by atoms with Crippen LogP contribution in [0.1, 0.15) is 115 Å². The number of rotatable bonds is 10. The number of amides is 1. The van der Waals surface area contributed by atoms with E-state index in [-0.39, 0.29) is 42.8 Å². The van der Waals surface area contributed by atoms with Crippen molar-refractivity contribution in [2.75, 3.05) is 25.2 Å². The van der Waals surface area contributed by atoms with E-state index in [9.17, 15) is 4.79 Å². The Hall–Kier alpha value is -3.45. The molecule has 2 saturated heterocycles. The largest absolute Gasteiger partial charge is 0.454 e. The Morgan fingerprint density at radius 2 is 1.64 bits per heavy atom. The Labute approximate surface area is 283 Å². The highest BCUT2D eigenvalue weighted by atomic mass is 19.1. The Morgan fingerprint density at radius 3 is 2.17 bits per heavy atom. The molecule has 0 bridgehead atoms. The Morgan fingerprint density at radius 1 is 1.00 bits per heavy atom. The molecule has 47 heavy (non-hydrogen) atoms. The Kier molecular flexibility index (Phi) is 16.9. The lowest BCUT2D eigenvalue weighted by Crippen LogP contribution is -2.34. The molecule has 0 radical (unpaired) electrons. The van der Waals surface area contributed by atoms with Gasteiger partial charge in [0.2, 0.25) is 18.5 Å². The van der Waals surface area contributed by atoms with Crippen molar-refractivity contribution in [2.45, 2.75) is 114 Å². The smallest absolute Gasteiger partial charge is 0.238 e. The standard InChI is InChI=1S/C33H40F2N2O3.C5H12.C2H6/c1-7-23-12-21(5)13-24(8-2)32(23)36-31(38)18-37-17-25(16-29(37)26-11-10-20(4)14-27(26)34)22(6)15-28(35)33-30(9-3)39-19-40-33;1-3-5-4-2;1-2/h9-15,25,29H,7-8,16-19H2,1-6H3,(H,36,38);3-5H2,1-2H3;1-2H3/b22-15+,30-9+,33-28-;;/t25-,29-;;/m1../s1. The number of ether oxygens (including phenoxy) is 2. The molecule has 1 amide bonds. The van der Waals surface area contributed by atoms with Gasteiger partial charge in [-0.15, -0.1) is 0 Å². The maximum absolute atomic E-state index is 15.2. The lowest BCUT2D eigenvalue weighted by atomic mass is 9.93. The summed E-state index contributed by atoms with van der Waals surface area (Å²) >= 11 is 0. The zero-order valence-corrected chi connectivity index (χ0v) is 30.5. The first-order valence-corrected chi connectivity index (χ1v) is 17.5. The van der Waals surface area contributed by atoms with E-state index in [0.717, 1.165) is 40.8 Å². The highest BCUT2D eigenvalue weighted by Crippen LogP contribution is 2.40. The quantitative estimate of drug-likeness (QED) is 0.277. The summed E-state index contributed by atoms with van der Waals surface area (Å²) in [5.74, 6) is -0.543. The van der Waals surface area contributed by atoms with Crippen LogP contribution in [0.2, 0.25) is 0 Å². The predicted molar refractivity (Wildman–Crippen MR) is 191 cm³/mol. The fourth-order valence-corrected chi connectivity index (χ4v) is 6.08. The third kappa shape index (κ3) is 11.1. The molecule has 2 heterocycles. The number of carbonyl (C=O) groups excluding carboxylic acids is 1. The molecule has 2 aliphatic heterocycles. The van der Waals surface area contributed by atoms with Crippen molar-refractivity contribution in [3.05, 3.63) is 99.0 Å². The second-order valence-electron chi connectivity index (χ2n) is 12.1. The number of anilines is 1. The number of allylic oxidation sites excluding steroid dienone is 3. The minimum Gasteiger partial charge on any atom is -0.454 e. The molecule has 4 rings (SSSR count). The monoisotopic (exact) mass is 652 g/mol. The first kappa shape index (κ1) is 39.7. The molecule has 0 aromatic heterocycles. The third-order valence-electron chi connectivity index (χ3n) is 8.56. The summed E-state index contributed by atoms with van der Waals surface area (Å²) in [5.41, 5.74) is 6.44. The van der Waals surface area contributed by atoms with Gasteiger partial charge in [0.1, 0.15) is 5.82 Å². The first-order chi connectivity index (χ1) is 22.6. The molecule has 2 atom stereocenters. The molecule has 0 aliphatic carbocycles. The van der Waals surface area contributed by atoms with Crippen LogP contribution in [-0.4, -0.2) is 30.7 Å². The summed E-state index contributed by atoms with van der Waals surface area (Å²) < 4.78 is 40.9. The number of carbonyl (C=O) groups is 1. The van der Waals surface area contributed by atoms with Gasteiger partial charge >= 0.3 is 0 Å². The normalized spacial score (nSPS) is 19.7. The van der Waals surface area contributed by atoms with Crippen molar-refractivity contribution in [3.63, 3.8) is 0 Å². The second-order valence-corrected chi connectivity index (χ2v) is 12.1. The number of likely N-dealkylation sites (tertiary alicyclic amines) is 1. The van der Waals surface area contributed by atoms with Crippen LogP contribution >= 0.6 is 0 Å². The minimum absolute atomic E-state index is 0.0170. The van der Waals surface area contributed by atoms with Crippen molar-refractivity contribution >= 4 is 11.6 Å². The highest BCUT2D eigenvalue weighted by Gasteiger charge is 2.36. The van der Waals surface area contributed by atoms with Crippen LogP contribution < -0.4 is 5.32 Å². The van der Waals surface area contributed by atoms with Gasteiger partial charge in [0.25, 0.3) is 0 Å². The van der Waals surface area contributed by atoms with Gasteiger partial charge in [0, 0.05) is 23.8 Å². The molecule has 0 saturated carbocycles. The molecular formula is C40H58F2N2O3. The van der Waals surface area contributed by atoms with Gasteiger partial charge in [0.15, 0.2) is 11.6 Å². The first-order valence-electron chi connectivity index (χ1n) is 17.5. The molecule has 0 spiro atoms. The summed E-state index contributed by atoms with van der Waals surface area (Å²) in [6, 6.07) is 9.12. The van der Waals surface area contributed by atoms with Gasteiger partial charge in [-0.05, 0) is 87.8 Å². The van der Waals surface area contributed by atoms with Crippen molar-refractivity contribution in [1.82, 2.24) is 4.90 Å². The lowest BCUT2D eigenvalue weighted by Gasteiger charge is -2.25. The maximum Gasteiger partial charge on any atom is 0.238 e. The van der Waals surface area contributed by atoms with E-state index in [4.69, 9.17) is 9.47 Å². The average Bonchev–Trinajstić information content (AvgIpc) is 3.71. The fourth-order valence-electron chi connectivity index (χ4n) is 6.08. The zero-order chi connectivity index (χ0) is 35.1. The summed E-state index contributed by atoms with van der Waals surface area (Å²) in [6.45, 7) is 20.7. The van der Waals surface area contributed by atoms with Crippen molar-refractivity contribution < 1.29 is 23.0 Å². The SMILES string of the molecule is C/C=C1/OCO/C1=C(F)/C=C(\C)[C@@H]1C[C@H](c2ccc(C)cc2F)N(CC(=O)Nc2c(CC)cc(C)cc2CC)C1.CC.CCCCC. The fraction of sp³-hybridized carbons (Fsp3) is 0.525. The van der Waals surface area contributed by atoms with E-state index in [1.165, 1.54) is 37.0 Å². The van der Waals surface area contributed by atoms with Crippen molar-refractivity contribution in [1.29, 1.82) is 0 Å². The number of aryl methyl sites for hydroxylation is 4. The Bertz CT molecular complexity index is 1390. The van der Waals surface area contributed by atoms with Crippen LogP contribution in [-0.2, 0) is 27.1 Å². The number of nitrogens with zero attached hydrogens (tertiary/aromatic N) is 1. The number of unbranched alkanes of at least 4 members (excludes halogenated alkanes) is 2. The number of hydrogen-bond acceptors (Lipinski definition) is 4. The second kappa shape index (κ2) is 20.0. The molecule has 7 heteroatoms. The van der Waals surface area contributed by atoms with E-state index < -0.39 is 5.83 Å². The lowest BCUT2D eigenvalue weighted by molar-refractivity contribution is -0.117. The van der Waals surface area contributed by atoms with Crippen molar-refractivity contribution in [2.24, 2.45) is 5.92 Å². The highest BCUT2D eigenvalue weighted by molar-refractivity contribution is 5.94. The predicted octanol–water partition coefficient (Wildman–Crippen LogP) is 10.8. The van der Waals surface area contributed by atoms with Gasteiger partial charge in [-0.1, -0.05) is 96.2 Å². The van der Waals surface area contributed by atoms with Gasteiger partial charge in [-0.3, -0.25) is 9.69 Å². The average molecular weight is 653 g/mol. The number of hydrogen-bond donors (Lipinski definition) is 1. The minimum atomic E-state index is -0.504. The van der Waals surface area contributed by atoms with E-state index in [1.807, 2.05) is 38.7 Å². The van der Waals surface area contributed by atoms with Gasteiger partial charge in [-0.2, -0.15) is 0 Å². The summed E-state index contributed by atoms with van der Waals surface area (Å²) in [5, 5.41) is 3.16. The third-order valence-corrected chi connectivity index (χ3v) is 8.56. The van der Waals surface area contributed by atoms with Crippen LogP contribution in [0.3, 0.4) is 0 Å². The van der Waals surface area contributed by atoms with Crippen molar-refractivity contribution in [3.8, 4) is 0 Å². The number of nitrogens with one attached hydrogen (secondary N) is 1. The van der Waals surface area contributed by atoms with Gasteiger partial charge in [-0.25, -0.2) is 8.78 Å². The molecule has 2 fully saturated rings. The maximum atomic E-state index is 15.2. The topological polar surface area (TPSA) is 50.8 Å². The molecular weight excluding hydrogens is 594 g/mol. The van der Waals surface area contributed by atoms with E-state index >= 15 is 8.78 Å². The molecule has 0 unspecified atom stereocenters. The molecule has 260 valence electrons.